The van der Waals surface area contributed by atoms with E-state index in [2.05, 4.69) is 0 Å². The second kappa shape index (κ2) is 19.2. The summed E-state index contributed by atoms with van der Waals surface area (Å²) in [5.41, 5.74) is 0. The average Bonchev–Trinajstić information content (AvgIpc) is 3.60. The van der Waals surface area contributed by atoms with Crippen molar-refractivity contribution < 1.29 is 88.5 Å². The predicted octanol–water partition coefficient (Wildman–Crippen LogP) is -3.29. The highest BCUT2D eigenvalue weighted by Gasteiger charge is 2.41. The Labute approximate surface area is 258 Å². The van der Waals surface area contributed by atoms with Crippen LogP contribution in [0.2, 0.25) is 0 Å². The van der Waals surface area contributed by atoms with E-state index in [-0.39, 0.29) is 51.7 Å². The normalized spacial score (nSPS) is 17.6. The second-order valence-electron chi connectivity index (χ2n) is 9.34. The monoisotopic (exact) mass is 663 g/mol. The Bertz CT molecular complexity index is 1130. The summed E-state index contributed by atoms with van der Waals surface area (Å²) in [6, 6.07) is -4.22. The number of carboxylic acids is 5. The summed E-state index contributed by atoms with van der Waals surface area (Å²) in [5, 5.41) is 58.1. The lowest BCUT2D eigenvalue weighted by atomic mass is 10.2. The lowest BCUT2D eigenvalue weighted by Crippen LogP contribution is -2.45. The van der Waals surface area contributed by atoms with E-state index < -0.39 is 96.3 Å². The first-order chi connectivity index (χ1) is 21.3. The van der Waals surface area contributed by atoms with Crippen molar-refractivity contribution in [3.8, 4) is 0 Å². The van der Waals surface area contributed by atoms with Gasteiger partial charge in [-0.2, -0.15) is 0 Å². The van der Waals surface area contributed by atoms with Gasteiger partial charge in [-0.25, -0.2) is 14.4 Å². The number of hydrogen-bond acceptors (Lipinski definition) is 13. The predicted molar refractivity (Wildman–Crippen MR) is 142 cm³/mol. The Morgan fingerprint density at radius 1 is 0.500 bits per heavy atom. The maximum Gasteiger partial charge on any atom is 0.327 e. The number of rotatable bonds is 11. The van der Waals surface area contributed by atoms with Gasteiger partial charge in [0.15, 0.2) is 0 Å². The van der Waals surface area contributed by atoms with Crippen molar-refractivity contribution in [3.63, 3.8) is 0 Å². The topological polar surface area (TPSA) is 339 Å². The zero-order chi connectivity index (χ0) is 35.9. The Hall–Kier alpha value is -5.31. The van der Waals surface area contributed by atoms with Crippen LogP contribution >= 0.6 is 0 Å². The van der Waals surface area contributed by atoms with Gasteiger partial charge in [0.05, 0.1) is 26.1 Å². The fraction of sp³-hybridized carbons (Fsp3) is 0.560. The van der Waals surface area contributed by atoms with Gasteiger partial charge in [0, 0.05) is 38.5 Å². The fourth-order valence-corrected chi connectivity index (χ4v) is 3.93. The summed E-state index contributed by atoms with van der Waals surface area (Å²) in [6.07, 6.45) is -1.48. The third-order valence-corrected chi connectivity index (χ3v) is 6.04. The minimum Gasteiger partial charge on any atom is -0.481 e. The summed E-state index contributed by atoms with van der Waals surface area (Å²) in [6.45, 7) is 1.07. The van der Waals surface area contributed by atoms with Crippen molar-refractivity contribution in [2.45, 2.75) is 76.4 Å². The molecule has 21 nitrogen and oxygen atoms in total. The Balaban J connectivity index is 0.000000626. The number of hydrogen-bond donors (Lipinski definition) is 7. The van der Waals surface area contributed by atoms with E-state index in [1.165, 1.54) is 6.92 Å². The van der Waals surface area contributed by atoms with E-state index >= 15 is 0 Å². The summed E-state index contributed by atoms with van der Waals surface area (Å²) >= 11 is 0. The van der Waals surface area contributed by atoms with Gasteiger partial charge < -0.3 is 35.7 Å². The minimum absolute atomic E-state index is 0.0533. The number of amides is 6. The lowest BCUT2D eigenvalue weighted by Gasteiger charge is -2.20. The number of likely N-dealkylation sites (tertiary alicyclic amines) is 3. The quantitative estimate of drug-likeness (QED) is 0.106. The first-order valence-corrected chi connectivity index (χ1v) is 13.2. The number of nitrogens with zero attached hydrogens (tertiary/aromatic N) is 3. The van der Waals surface area contributed by atoms with Crippen molar-refractivity contribution >= 4 is 65.3 Å². The van der Waals surface area contributed by atoms with Gasteiger partial charge in [0.2, 0.25) is 35.4 Å². The molecule has 3 unspecified atom stereocenters. The standard InChI is InChI=1S/2C8H9NO6.C7H9NO4.C2H6O2/c2*10-5-1-2-6(11)9(5)4(8(14)15)3-7(12)13;1-4(7(11)12)8-5(9)2-3-6(8)10;3-1-2-4/h2*4H,1-3H2,(H,12,13)(H,14,15);4H,2-3H2,1H3,(H,11,12);3-4H,1-2H2. The molecule has 0 spiro atoms. The van der Waals surface area contributed by atoms with Crippen LogP contribution in [-0.2, 0) is 52.7 Å². The molecule has 0 radical (unpaired) electrons. The molecule has 0 aliphatic carbocycles. The van der Waals surface area contributed by atoms with Crippen LogP contribution in [0.1, 0.15) is 58.3 Å². The maximum atomic E-state index is 11.2. The van der Waals surface area contributed by atoms with Gasteiger partial charge in [-0.05, 0) is 6.92 Å². The molecular weight excluding hydrogens is 630 g/mol. The fourth-order valence-electron chi connectivity index (χ4n) is 3.93. The highest BCUT2D eigenvalue weighted by atomic mass is 16.4. The highest BCUT2D eigenvalue weighted by molar-refractivity contribution is 6.06. The summed E-state index contributed by atoms with van der Waals surface area (Å²) < 4.78 is 0. The first kappa shape index (κ1) is 40.7. The van der Waals surface area contributed by atoms with Gasteiger partial charge in [-0.1, -0.05) is 0 Å². The number of aliphatic hydroxyl groups is 2. The van der Waals surface area contributed by atoms with Crippen LogP contribution in [0, 0.1) is 0 Å². The number of carboxylic acid groups (broad SMARTS) is 5. The van der Waals surface area contributed by atoms with Crippen LogP contribution in [0.15, 0.2) is 0 Å². The smallest absolute Gasteiger partial charge is 0.327 e. The second-order valence-corrected chi connectivity index (χ2v) is 9.34. The van der Waals surface area contributed by atoms with E-state index in [0.29, 0.717) is 9.80 Å². The molecule has 3 aliphatic heterocycles. The van der Waals surface area contributed by atoms with E-state index in [1.807, 2.05) is 0 Å². The van der Waals surface area contributed by atoms with Crippen molar-refractivity contribution in [1.82, 2.24) is 14.7 Å². The van der Waals surface area contributed by atoms with Crippen LogP contribution in [0.25, 0.3) is 0 Å². The highest BCUT2D eigenvalue weighted by Crippen LogP contribution is 2.19. The molecule has 46 heavy (non-hydrogen) atoms. The molecule has 3 rings (SSSR count). The SMILES string of the molecule is CC(C(=O)O)N1C(=O)CCC1=O.O=C(O)CC(C(=O)O)N1C(=O)CCC1=O.O=C(O)CC(C(=O)O)N1C(=O)CCC1=O.OCCO. The molecule has 7 N–H and O–H groups in total. The van der Waals surface area contributed by atoms with Gasteiger partial charge in [0.1, 0.15) is 18.1 Å². The Kier molecular flexibility index (Phi) is 16.9. The van der Waals surface area contributed by atoms with Crippen LogP contribution < -0.4 is 0 Å². The number of carbonyl (C=O) groups excluding carboxylic acids is 6. The minimum atomic E-state index is -1.59. The molecule has 0 bridgehead atoms. The molecule has 6 amide bonds. The van der Waals surface area contributed by atoms with Gasteiger partial charge in [-0.15, -0.1) is 0 Å². The molecule has 3 fully saturated rings. The first-order valence-electron chi connectivity index (χ1n) is 13.2. The van der Waals surface area contributed by atoms with Crippen LogP contribution in [0.3, 0.4) is 0 Å². The van der Waals surface area contributed by atoms with E-state index in [1.54, 1.807) is 0 Å². The van der Waals surface area contributed by atoms with Crippen molar-refractivity contribution in [1.29, 1.82) is 0 Å². The molecule has 3 heterocycles. The molecule has 3 aliphatic rings. The Morgan fingerprint density at radius 3 is 0.913 bits per heavy atom. The number of aliphatic hydroxyl groups excluding tert-OH is 2. The van der Waals surface area contributed by atoms with Crippen LogP contribution in [-0.4, -0.2) is 147 Å². The summed E-state index contributed by atoms with van der Waals surface area (Å²) in [5.74, 6) is -10.2. The average molecular weight is 664 g/mol. The summed E-state index contributed by atoms with van der Waals surface area (Å²) in [7, 11) is 0. The number of imide groups is 3. The zero-order valence-corrected chi connectivity index (χ0v) is 24.3. The maximum absolute atomic E-state index is 11.2. The third kappa shape index (κ3) is 12.4. The number of aliphatic carboxylic acids is 5. The van der Waals surface area contributed by atoms with E-state index in [4.69, 9.17) is 35.7 Å². The van der Waals surface area contributed by atoms with E-state index in [9.17, 15) is 52.7 Å². The van der Waals surface area contributed by atoms with Gasteiger partial charge >= 0.3 is 29.8 Å². The third-order valence-electron chi connectivity index (χ3n) is 6.04. The molecule has 0 aromatic heterocycles. The van der Waals surface area contributed by atoms with Gasteiger partial charge in [-0.3, -0.25) is 53.1 Å². The van der Waals surface area contributed by atoms with Gasteiger partial charge in [0.25, 0.3) is 0 Å². The summed E-state index contributed by atoms with van der Waals surface area (Å²) in [4.78, 5) is 121. The molecule has 0 aromatic carbocycles. The molecule has 0 saturated carbocycles. The lowest BCUT2D eigenvalue weighted by molar-refractivity contribution is -0.157. The number of carbonyl (C=O) groups is 11. The van der Waals surface area contributed by atoms with Crippen molar-refractivity contribution in [2.75, 3.05) is 13.2 Å². The largest absolute Gasteiger partial charge is 0.481 e. The van der Waals surface area contributed by atoms with Crippen molar-refractivity contribution in [3.05, 3.63) is 0 Å². The molecule has 0 aromatic rings. The van der Waals surface area contributed by atoms with Crippen LogP contribution in [0.4, 0.5) is 0 Å². The molecule has 3 saturated heterocycles. The Morgan fingerprint density at radius 2 is 0.739 bits per heavy atom. The zero-order valence-electron chi connectivity index (χ0n) is 24.3. The molecule has 256 valence electrons. The molecule has 3 atom stereocenters. The van der Waals surface area contributed by atoms with E-state index in [0.717, 1.165) is 4.90 Å². The van der Waals surface area contributed by atoms with Crippen LogP contribution in [0.5, 0.6) is 0 Å². The van der Waals surface area contributed by atoms with Crippen molar-refractivity contribution in [2.24, 2.45) is 0 Å². The molecular formula is C25H33N3O18. The molecule has 21 heteroatoms.